The van der Waals surface area contributed by atoms with Crippen LogP contribution in [0.3, 0.4) is 0 Å². The number of aryl methyl sites for hydroxylation is 1. The zero-order valence-corrected chi connectivity index (χ0v) is 12.8. The highest BCUT2D eigenvalue weighted by Gasteiger charge is 2.28. The van der Waals surface area contributed by atoms with Crippen molar-refractivity contribution in [3.05, 3.63) is 29.8 Å². The third-order valence-corrected chi connectivity index (χ3v) is 4.80. The molecule has 0 radical (unpaired) electrons. The molecule has 21 heavy (non-hydrogen) atoms. The Morgan fingerprint density at radius 3 is 2.95 bits per heavy atom. The highest BCUT2D eigenvalue weighted by Crippen LogP contribution is 2.27. The molecule has 1 amide bonds. The van der Waals surface area contributed by atoms with Crippen LogP contribution in [-0.4, -0.2) is 42.5 Å². The van der Waals surface area contributed by atoms with E-state index in [9.17, 15) is 4.79 Å². The second kappa shape index (κ2) is 6.16. The van der Waals surface area contributed by atoms with Gasteiger partial charge in [-0.2, -0.15) is 0 Å². The van der Waals surface area contributed by atoms with Crippen molar-refractivity contribution in [2.24, 2.45) is 5.73 Å². The molecule has 1 saturated heterocycles. The molecule has 2 aliphatic heterocycles. The molecule has 2 heterocycles. The summed E-state index contributed by atoms with van der Waals surface area (Å²) in [4.78, 5) is 17.0. The molecule has 0 spiro atoms. The summed E-state index contributed by atoms with van der Waals surface area (Å²) in [6.45, 7) is 4.47. The van der Waals surface area contributed by atoms with Crippen LogP contribution in [0.2, 0.25) is 0 Å². The normalized spacial score (nSPS) is 26.5. The molecule has 0 aliphatic carbocycles. The van der Waals surface area contributed by atoms with Gasteiger partial charge in [0, 0.05) is 30.9 Å². The number of likely N-dealkylation sites (tertiary alicyclic amines) is 1. The summed E-state index contributed by atoms with van der Waals surface area (Å²) in [6.07, 6.45) is 4.12. The van der Waals surface area contributed by atoms with Gasteiger partial charge in [-0.1, -0.05) is 18.2 Å². The standard InChI is InChI=1S/C17H25N3O/c1-13-11-15(18)8-10-19(13)12-17(21)20-9-4-6-14-5-2-3-7-16(14)20/h2-3,5,7,13,15H,4,6,8-12,18H2,1H3. The smallest absolute Gasteiger partial charge is 0.241 e. The van der Waals surface area contributed by atoms with E-state index < -0.39 is 0 Å². The average Bonchev–Trinajstić information content (AvgIpc) is 2.49. The first-order valence-corrected chi connectivity index (χ1v) is 8.03. The zero-order valence-electron chi connectivity index (χ0n) is 12.8. The lowest BCUT2D eigenvalue weighted by Gasteiger charge is -2.38. The van der Waals surface area contributed by atoms with Crippen LogP contribution in [-0.2, 0) is 11.2 Å². The van der Waals surface area contributed by atoms with Gasteiger partial charge in [0.2, 0.25) is 5.91 Å². The first-order valence-electron chi connectivity index (χ1n) is 8.03. The van der Waals surface area contributed by atoms with Gasteiger partial charge in [-0.25, -0.2) is 0 Å². The van der Waals surface area contributed by atoms with Crippen molar-refractivity contribution in [1.29, 1.82) is 0 Å². The third-order valence-electron chi connectivity index (χ3n) is 4.80. The van der Waals surface area contributed by atoms with Crippen LogP contribution in [0.4, 0.5) is 5.69 Å². The van der Waals surface area contributed by atoms with Crippen molar-refractivity contribution in [1.82, 2.24) is 4.90 Å². The Hall–Kier alpha value is -1.39. The predicted octanol–water partition coefficient (Wildman–Crippen LogP) is 1.78. The largest absolute Gasteiger partial charge is 0.328 e. The number of nitrogens with two attached hydrogens (primary N) is 1. The number of benzene rings is 1. The van der Waals surface area contributed by atoms with Gasteiger partial charge < -0.3 is 10.6 Å². The second-order valence-electron chi connectivity index (χ2n) is 6.38. The van der Waals surface area contributed by atoms with Crippen molar-refractivity contribution in [2.45, 2.75) is 44.7 Å². The fourth-order valence-electron chi connectivity index (χ4n) is 3.54. The summed E-state index contributed by atoms with van der Waals surface area (Å²) in [6, 6.07) is 8.98. The number of amides is 1. The molecular weight excluding hydrogens is 262 g/mol. The van der Waals surface area contributed by atoms with Gasteiger partial charge in [-0.3, -0.25) is 9.69 Å². The van der Waals surface area contributed by atoms with Crippen LogP contribution in [0, 0.1) is 0 Å². The lowest BCUT2D eigenvalue weighted by Crippen LogP contribution is -2.50. The van der Waals surface area contributed by atoms with E-state index in [4.69, 9.17) is 5.73 Å². The van der Waals surface area contributed by atoms with Crippen molar-refractivity contribution >= 4 is 11.6 Å². The zero-order chi connectivity index (χ0) is 14.8. The predicted molar refractivity (Wildman–Crippen MR) is 85.4 cm³/mol. The van der Waals surface area contributed by atoms with Crippen LogP contribution >= 0.6 is 0 Å². The monoisotopic (exact) mass is 287 g/mol. The lowest BCUT2D eigenvalue weighted by atomic mass is 9.98. The van der Waals surface area contributed by atoms with Gasteiger partial charge in [0.25, 0.3) is 0 Å². The van der Waals surface area contributed by atoms with Gasteiger partial charge in [0.15, 0.2) is 0 Å². The van der Waals surface area contributed by atoms with E-state index in [1.807, 2.05) is 11.0 Å². The number of para-hydroxylation sites is 1. The number of fused-ring (bicyclic) bond motifs is 1. The quantitative estimate of drug-likeness (QED) is 0.902. The van der Waals surface area contributed by atoms with Crippen molar-refractivity contribution in [2.75, 3.05) is 24.5 Å². The third kappa shape index (κ3) is 3.11. The summed E-state index contributed by atoms with van der Waals surface area (Å²) in [7, 11) is 0. The Bertz CT molecular complexity index is 517. The fourth-order valence-corrected chi connectivity index (χ4v) is 3.54. The Morgan fingerprint density at radius 2 is 2.14 bits per heavy atom. The Balaban J connectivity index is 1.69. The van der Waals surface area contributed by atoms with Crippen molar-refractivity contribution in [3.8, 4) is 0 Å². The van der Waals surface area contributed by atoms with E-state index >= 15 is 0 Å². The topological polar surface area (TPSA) is 49.6 Å². The molecule has 0 bridgehead atoms. The number of hydrogen-bond donors (Lipinski definition) is 1. The SMILES string of the molecule is CC1CC(N)CCN1CC(=O)N1CCCc2ccccc21. The number of carbonyl (C=O) groups is 1. The molecule has 4 heteroatoms. The number of anilines is 1. The van der Waals surface area contributed by atoms with Gasteiger partial charge in [0.05, 0.1) is 6.54 Å². The van der Waals surface area contributed by atoms with Gasteiger partial charge >= 0.3 is 0 Å². The molecule has 4 nitrogen and oxygen atoms in total. The summed E-state index contributed by atoms with van der Waals surface area (Å²) in [5.41, 5.74) is 8.41. The average molecular weight is 287 g/mol. The van der Waals surface area contributed by atoms with E-state index in [0.29, 0.717) is 18.6 Å². The van der Waals surface area contributed by atoms with E-state index in [0.717, 1.165) is 44.5 Å². The highest BCUT2D eigenvalue weighted by atomic mass is 16.2. The van der Waals surface area contributed by atoms with E-state index in [1.165, 1.54) is 5.56 Å². The van der Waals surface area contributed by atoms with Crippen LogP contribution in [0.15, 0.2) is 24.3 Å². The van der Waals surface area contributed by atoms with Crippen LogP contribution in [0.1, 0.15) is 31.7 Å². The minimum absolute atomic E-state index is 0.226. The molecule has 2 atom stereocenters. The van der Waals surface area contributed by atoms with Gasteiger partial charge in [-0.15, -0.1) is 0 Å². The number of carbonyl (C=O) groups excluding carboxylic acids is 1. The fraction of sp³-hybridized carbons (Fsp3) is 0.588. The molecule has 2 N–H and O–H groups in total. The van der Waals surface area contributed by atoms with Gasteiger partial charge in [-0.05, 0) is 44.2 Å². The molecule has 2 aliphatic rings. The lowest BCUT2D eigenvalue weighted by molar-refractivity contribution is -0.120. The highest BCUT2D eigenvalue weighted by molar-refractivity contribution is 5.96. The molecule has 1 aromatic rings. The van der Waals surface area contributed by atoms with Crippen molar-refractivity contribution in [3.63, 3.8) is 0 Å². The summed E-state index contributed by atoms with van der Waals surface area (Å²) in [5, 5.41) is 0. The number of piperidine rings is 1. The first kappa shape index (κ1) is 14.5. The Labute approximate surface area is 126 Å². The molecule has 0 aromatic heterocycles. The van der Waals surface area contributed by atoms with Crippen LogP contribution in [0.5, 0.6) is 0 Å². The van der Waals surface area contributed by atoms with Crippen LogP contribution in [0.25, 0.3) is 0 Å². The minimum atomic E-state index is 0.226. The molecule has 1 aromatic carbocycles. The van der Waals surface area contributed by atoms with E-state index in [2.05, 4.69) is 30.0 Å². The Morgan fingerprint density at radius 1 is 1.33 bits per heavy atom. The maximum Gasteiger partial charge on any atom is 0.241 e. The molecule has 1 fully saturated rings. The Kier molecular flexibility index (Phi) is 4.27. The van der Waals surface area contributed by atoms with Crippen molar-refractivity contribution < 1.29 is 4.79 Å². The first-order chi connectivity index (χ1) is 10.1. The summed E-state index contributed by atoms with van der Waals surface area (Å²) >= 11 is 0. The molecular formula is C17H25N3O. The molecule has 0 saturated carbocycles. The number of nitrogens with zero attached hydrogens (tertiary/aromatic N) is 2. The molecule has 114 valence electrons. The maximum atomic E-state index is 12.7. The summed E-state index contributed by atoms with van der Waals surface area (Å²) < 4.78 is 0. The van der Waals surface area contributed by atoms with Gasteiger partial charge in [0.1, 0.15) is 0 Å². The minimum Gasteiger partial charge on any atom is -0.328 e. The summed E-state index contributed by atoms with van der Waals surface area (Å²) in [5.74, 6) is 0.226. The second-order valence-corrected chi connectivity index (χ2v) is 6.38. The van der Waals surface area contributed by atoms with Crippen LogP contribution < -0.4 is 10.6 Å². The van der Waals surface area contributed by atoms with E-state index in [1.54, 1.807) is 0 Å². The van der Waals surface area contributed by atoms with E-state index in [-0.39, 0.29) is 5.91 Å². The molecule has 2 unspecified atom stereocenters. The maximum absolute atomic E-state index is 12.7. The number of rotatable bonds is 2. The molecule has 3 rings (SSSR count). The number of hydrogen-bond acceptors (Lipinski definition) is 3.